The van der Waals surface area contributed by atoms with Gasteiger partial charge in [0.15, 0.2) is 0 Å². The highest BCUT2D eigenvalue weighted by Crippen LogP contribution is 2.12. The first-order valence-electron chi connectivity index (χ1n) is 4.40. The standard InChI is InChI=1S/C6H5N3.C3H7N/c1-2-8-6-3-7-4-9-5(1)6;1-2-4-3-1/h1-4H,(H,7,9);4H,1-3H2. The summed E-state index contributed by atoms with van der Waals surface area (Å²) in [5, 5.41) is 3.11. The predicted octanol–water partition coefficient (Wildman–Crippen LogP) is 0.889. The number of rotatable bonds is 0. The van der Waals surface area contributed by atoms with Crippen LogP contribution in [0.3, 0.4) is 0 Å². The second-order valence-corrected chi connectivity index (χ2v) is 2.90. The second-order valence-electron chi connectivity index (χ2n) is 2.90. The van der Waals surface area contributed by atoms with Gasteiger partial charge in [-0.25, -0.2) is 4.98 Å². The van der Waals surface area contributed by atoms with E-state index in [1.165, 1.54) is 19.5 Å². The number of fused-ring (bicyclic) bond motifs is 1. The van der Waals surface area contributed by atoms with Crippen LogP contribution in [-0.4, -0.2) is 28.0 Å². The summed E-state index contributed by atoms with van der Waals surface area (Å²) in [6, 6.07) is 1.91. The maximum atomic E-state index is 4.02. The molecule has 3 aliphatic rings. The first kappa shape index (κ1) is 8.19. The molecule has 3 rings (SSSR count). The van der Waals surface area contributed by atoms with E-state index in [1.807, 2.05) is 6.07 Å². The van der Waals surface area contributed by atoms with Gasteiger partial charge >= 0.3 is 0 Å². The smallest absolute Gasteiger partial charge is 0.105 e. The van der Waals surface area contributed by atoms with Crippen molar-refractivity contribution in [2.24, 2.45) is 0 Å². The van der Waals surface area contributed by atoms with Gasteiger partial charge in [0, 0.05) is 6.20 Å². The van der Waals surface area contributed by atoms with E-state index in [2.05, 4.69) is 20.3 Å². The van der Waals surface area contributed by atoms with Crippen molar-refractivity contribution in [3.63, 3.8) is 0 Å². The molecule has 0 spiro atoms. The van der Waals surface area contributed by atoms with E-state index < -0.39 is 0 Å². The fourth-order valence-electron chi connectivity index (χ4n) is 0.963. The maximum Gasteiger partial charge on any atom is 0.105 e. The van der Waals surface area contributed by atoms with E-state index in [1.54, 1.807) is 18.7 Å². The normalized spacial score (nSPS) is 14.5. The van der Waals surface area contributed by atoms with Crippen molar-refractivity contribution in [1.82, 2.24) is 20.3 Å². The van der Waals surface area contributed by atoms with Gasteiger partial charge < -0.3 is 10.3 Å². The van der Waals surface area contributed by atoms with Gasteiger partial charge in [0.25, 0.3) is 0 Å². The number of aromatic amines is 1. The van der Waals surface area contributed by atoms with Gasteiger partial charge in [0.05, 0.1) is 18.2 Å². The molecule has 0 amide bonds. The van der Waals surface area contributed by atoms with Gasteiger partial charge in [-0.15, -0.1) is 0 Å². The minimum absolute atomic E-state index is 0.914. The molecule has 0 aromatic heterocycles. The Labute approximate surface area is 76.8 Å². The highest BCUT2D eigenvalue weighted by Gasteiger charge is 1.99. The molecule has 13 heavy (non-hydrogen) atoms. The molecule has 4 heteroatoms. The molecule has 4 nitrogen and oxygen atoms in total. The van der Waals surface area contributed by atoms with Gasteiger partial charge in [-0.3, -0.25) is 4.98 Å². The Hall–Kier alpha value is -1.42. The van der Waals surface area contributed by atoms with E-state index in [0.717, 1.165) is 11.4 Å². The summed E-state index contributed by atoms with van der Waals surface area (Å²) in [5.74, 6) is 0. The molecule has 0 radical (unpaired) electrons. The Morgan fingerprint density at radius 1 is 1.31 bits per heavy atom. The Morgan fingerprint density at radius 2 is 2.08 bits per heavy atom. The molecular formula is C9H12N4. The van der Waals surface area contributed by atoms with Crippen molar-refractivity contribution in [3.8, 4) is 11.4 Å². The lowest BCUT2D eigenvalue weighted by Crippen LogP contribution is -2.29. The molecule has 68 valence electrons. The van der Waals surface area contributed by atoms with Crippen LogP contribution in [0.15, 0.2) is 24.8 Å². The van der Waals surface area contributed by atoms with Crippen molar-refractivity contribution >= 4 is 0 Å². The van der Waals surface area contributed by atoms with Crippen LogP contribution < -0.4 is 5.32 Å². The molecule has 0 bridgehead atoms. The van der Waals surface area contributed by atoms with Crippen LogP contribution in [0.1, 0.15) is 6.42 Å². The van der Waals surface area contributed by atoms with Crippen LogP contribution in [0.5, 0.6) is 0 Å². The van der Waals surface area contributed by atoms with Crippen molar-refractivity contribution in [2.45, 2.75) is 6.42 Å². The minimum atomic E-state index is 0.914. The molecule has 1 fully saturated rings. The molecule has 0 unspecified atom stereocenters. The van der Waals surface area contributed by atoms with Crippen LogP contribution in [0.4, 0.5) is 0 Å². The van der Waals surface area contributed by atoms with Gasteiger partial charge in [-0.1, -0.05) is 0 Å². The molecule has 3 aliphatic heterocycles. The summed E-state index contributed by atoms with van der Waals surface area (Å²) in [7, 11) is 0. The largest absolute Gasteiger partial charge is 0.345 e. The molecule has 1 saturated heterocycles. The van der Waals surface area contributed by atoms with Gasteiger partial charge in [0.1, 0.15) is 5.69 Å². The number of hydrogen-bond donors (Lipinski definition) is 2. The van der Waals surface area contributed by atoms with Crippen molar-refractivity contribution in [1.29, 1.82) is 0 Å². The lowest BCUT2D eigenvalue weighted by atomic mass is 10.3. The Kier molecular flexibility index (Phi) is 2.52. The molecule has 0 atom stereocenters. The first-order chi connectivity index (χ1) is 6.47. The molecule has 0 saturated carbocycles. The summed E-state index contributed by atoms with van der Waals surface area (Å²) in [5.41, 5.74) is 1.95. The fourth-order valence-corrected chi connectivity index (χ4v) is 0.963. The van der Waals surface area contributed by atoms with Gasteiger partial charge in [0.2, 0.25) is 0 Å². The number of aromatic nitrogens is 3. The summed E-state index contributed by atoms with van der Waals surface area (Å²) in [6.45, 7) is 2.50. The van der Waals surface area contributed by atoms with Crippen molar-refractivity contribution in [2.75, 3.05) is 13.1 Å². The predicted molar refractivity (Wildman–Crippen MR) is 50.5 cm³/mol. The zero-order valence-corrected chi connectivity index (χ0v) is 7.33. The highest BCUT2D eigenvalue weighted by molar-refractivity contribution is 5.53. The van der Waals surface area contributed by atoms with E-state index in [9.17, 15) is 0 Å². The van der Waals surface area contributed by atoms with E-state index in [4.69, 9.17) is 0 Å². The second kappa shape index (κ2) is 4.00. The zero-order chi connectivity index (χ0) is 8.93. The summed E-state index contributed by atoms with van der Waals surface area (Å²) in [6.07, 6.45) is 6.51. The van der Waals surface area contributed by atoms with E-state index >= 15 is 0 Å². The summed E-state index contributed by atoms with van der Waals surface area (Å²) >= 11 is 0. The topological polar surface area (TPSA) is 53.6 Å². The lowest BCUT2D eigenvalue weighted by molar-refractivity contribution is 0.527. The average molecular weight is 176 g/mol. The maximum absolute atomic E-state index is 4.02. The summed E-state index contributed by atoms with van der Waals surface area (Å²) < 4.78 is 0. The fraction of sp³-hybridized carbons (Fsp3) is 0.333. The number of hydrogen-bond acceptors (Lipinski definition) is 3. The molecule has 0 aliphatic carbocycles. The van der Waals surface area contributed by atoms with Crippen molar-refractivity contribution in [3.05, 3.63) is 24.8 Å². The molecule has 0 aromatic rings. The summed E-state index contributed by atoms with van der Waals surface area (Å²) in [4.78, 5) is 10.8. The minimum Gasteiger partial charge on any atom is -0.345 e. The van der Waals surface area contributed by atoms with Crippen LogP contribution in [-0.2, 0) is 0 Å². The molecular weight excluding hydrogens is 164 g/mol. The van der Waals surface area contributed by atoms with Gasteiger partial charge in [-0.2, -0.15) is 0 Å². The molecule has 2 N–H and O–H groups in total. The Morgan fingerprint density at radius 3 is 2.69 bits per heavy atom. The third kappa shape index (κ3) is 2.03. The number of nitrogens with zero attached hydrogens (tertiary/aromatic N) is 2. The lowest BCUT2D eigenvalue weighted by Gasteiger charge is -2.09. The average Bonchev–Trinajstić information content (AvgIpc) is 2.47. The number of H-pyrrole nitrogens is 1. The first-order valence-corrected chi connectivity index (χ1v) is 4.40. The van der Waals surface area contributed by atoms with E-state index in [-0.39, 0.29) is 0 Å². The van der Waals surface area contributed by atoms with Crippen LogP contribution in [0, 0.1) is 0 Å². The van der Waals surface area contributed by atoms with Crippen LogP contribution >= 0.6 is 0 Å². The highest BCUT2D eigenvalue weighted by atomic mass is 14.9. The Balaban J connectivity index is 0.000000137. The molecule has 0 aromatic carbocycles. The van der Waals surface area contributed by atoms with E-state index in [0.29, 0.717) is 0 Å². The monoisotopic (exact) mass is 176 g/mol. The Bertz CT molecular complexity index is 295. The van der Waals surface area contributed by atoms with Crippen LogP contribution in [0.2, 0.25) is 0 Å². The van der Waals surface area contributed by atoms with Crippen LogP contribution in [0.25, 0.3) is 11.4 Å². The third-order valence-electron chi connectivity index (χ3n) is 1.93. The van der Waals surface area contributed by atoms with Crippen molar-refractivity contribution < 1.29 is 0 Å². The molecule has 3 heterocycles. The van der Waals surface area contributed by atoms with Gasteiger partial charge in [-0.05, 0) is 25.6 Å². The quantitative estimate of drug-likeness (QED) is 0.626. The third-order valence-corrected chi connectivity index (χ3v) is 1.93. The SMILES string of the molecule is C1CNC1.c1cc2[nH]cncc-2n1. The zero-order valence-electron chi connectivity index (χ0n) is 7.33. The number of nitrogens with one attached hydrogen (secondary N) is 2.